The van der Waals surface area contributed by atoms with E-state index < -0.39 is 10.0 Å². The molecule has 4 rings (SSSR count). The minimum Gasteiger partial charge on any atom is -0.348 e. The Morgan fingerprint density at radius 1 is 0.886 bits per heavy atom. The van der Waals surface area contributed by atoms with Gasteiger partial charge in [0.1, 0.15) is 0 Å². The zero-order chi connectivity index (χ0) is 24.8. The van der Waals surface area contributed by atoms with E-state index >= 15 is 0 Å². The average molecular weight is 493 g/mol. The highest BCUT2D eigenvalue weighted by molar-refractivity contribution is 7.92. The predicted molar refractivity (Wildman–Crippen MR) is 139 cm³/mol. The molecule has 3 aromatic carbocycles. The van der Waals surface area contributed by atoms with Gasteiger partial charge < -0.3 is 10.2 Å². The number of hydrogen-bond donors (Lipinski definition) is 2. The van der Waals surface area contributed by atoms with E-state index in [1.54, 1.807) is 24.3 Å². The Bertz CT molecular complexity index is 1270. The molecule has 1 amide bonds. The maximum atomic E-state index is 12.8. The summed E-state index contributed by atoms with van der Waals surface area (Å²) in [7, 11) is -1.67. The van der Waals surface area contributed by atoms with Gasteiger partial charge in [-0.2, -0.15) is 0 Å². The molecule has 0 unspecified atom stereocenters. The summed E-state index contributed by atoms with van der Waals surface area (Å²) in [6, 6.07) is 21.4. The Labute approximate surface area is 207 Å². The first-order valence-corrected chi connectivity index (χ1v) is 13.2. The summed E-state index contributed by atoms with van der Waals surface area (Å²) in [4.78, 5) is 17.6. The molecule has 1 aliphatic rings. The van der Waals surface area contributed by atoms with Gasteiger partial charge in [-0.15, -0.1) is 0 Å². The van der Waals surface area contributed by atoms with Crippen molar-refractivity contribution in [2.45, 2.75) is 24.9 Å². The number of benzene rings is 3. The topological polar surface area (TPSA) is 81.7 Å². The van der Waals surface area contributed by atoms with Crippen molar-refractivity contribution in [1.82, 2.24) is 15.1 Å². The summed E-state index contributed by atoms with van der Waals surface area (Å²) >= 11 is 0. The first-order chi connectivity index (χ1) is 16.8. The van der Waals surface area contributed by atoms with Crippen LogP contribution in [0.3, 0.4) is 0 Å². The lowest BCUT2D eigenvalue weighted by molar-refractivity contribution is 0.0950. The van der Waals surface area contributed by atoms with Gasteiger partial charge in [-0.3, -0.25) is 14.4 Å². The van der Waals surface area contributed by atoms with E-state index in [2.05, 4.69) is 39.0 Å². The SMILES string of the molecule is Cc1ccc(NS(=O)(=O)c2cccc(C(=O)NCc3cccc(CN4CCN(C)CC4)c3)c2)cc1. The second-order valence-electron chi connectivity index (χ2n) is 9.08. The normalized spacial score (nSPS) is 15.0. The van der Waals surface area contributed by atoms with Crippen LogP contribution in [0.25, 0.3) is 0 Å². The third-order valence-corrected chi connectivity index (χ3v) is 7.54. The summed E-state index contributed by atoms with van der Waals surface area (Å²) in [5, 5.41) is 2.91. The predicted octanol–water partition coefficient (Wildman–Crippen LogP) is 3.47. The fourth-order valence-corrected chi connectivity index (χ4v) is 5.13. The first kappa shape index (κ1) is 24.9. The molecule has 0 aliphatic carbocycles. The van der Waals surface area contributed by atoms with Crippen LogP contribution < -0.4 is 10.0 Å². The third-order valence-electron chi connectivity index (χ3n) is 6.16. The maximum absolute atomic E-state index is 12.8. The lowest BCUT2D eigenvalue weighted by Gasteiger charge is -2.32. The standard InChI is InChI=1S/C27H32N4O3S/c1-21-9-11-25(12-10-21)29-35(33,34)26-8-4-7-24(18-26)27(32)28-19-22-5-3-6-23(17-22)20-31-15-13-30(2)14-16-31/h3-12,17-18,29H,13-16,19-20H2,1-2H3,(H,28,32). The second kappa shape index (κ2) is 11.0. The Morgan fingerprint density at radius 2 is 1.57 bits per heavy atom. The number of nitrogens with zero attached hydrogens (tertiary/aromatic N) is 2. The lowest BCUT2D eigenvalue weighted by atomic mass is 10.1. The smallest absolute Gasteiger partial charge is 0.261 e. The van der Waals surface area contributed by atoms with Gasteiger partial charge in [0.15, 0.2) is 0 Å². The van der Waals surface area contributed by atoms with Crippen LogP contribution in [0.4, 0.5) is 5.69 Å². The highest BCUT2D eigenvalue weighted by Gasteiger charge is 2.17. The van der Waals surface area contributed by atoms with E-state index in [1.165, 1.54) is 17.7 Å². The van der Waals surface area contributed by atoms with E-state index in [1.807, 2.05) is 31.2 Å². The van der Waals surface area contributed by atoms with E-state index in [4.69, 9.17) is 0 Å². The molecular weight excluding hydrogens is 460 g/mol. The molecule has 2 N–H and O–H groups in total. The molecule has 184 valence electrons. The number of rotatable bonds is 8. The Kier molecular flexibility index (Phi) is 7.85. The van der Waals surface area contributed by atoms with Crippen LogP contribution >= 0.6 is 0 Å². The van der Waals surface area contributed by atoms with Gasteiger partial charge in [0.05, 0.1) is 4.90 Å². The Balaban J connectivity index is 1.37. The van der Waals surface area contributed by atoms with Crippen molar-refractivity contribution >= 4 is 21.6 Å². The number of piperazine rings is 1. The summed E-state index contributed by atoms with van der Waals surface area (Å²) in [5.41, 5.74) is 4.04. The second-order valence-corrected chi connectivity index (χ2v) is 10.8. The molecule has 3 aromatic rings. The molecule has 7 nitrogen and oxygen atoms in total. The van der Waals surface area contributed by atoms with Gasteiger partial charge in [-0.05, 0) is 55.4 Å². The van der Waals surface area contributed by atoms with E-state index in [-0.39, 0.29) is 10.8 Å². The molecule has 1 aliphatic heterocycles. The molecular formula is C27H32N4O3S. The van der Waals surface area contributed by atoms with E-state index in [0.717, 1.165) is 43.9 Å². The summed E-state index contributed by atoms with van der Waals surface area (Å²) in [6.45, 7) is 7.45. The number of sulfonamides is 1. The van der Waals surface area contributed by atoms with Crippen LogP contribution in [-0.4, -0.2) is 57.4 Å². The van der Waals surface area contributed by atoms with Gasteiger partial charge in [-0.1, -0.05) is 48.0 Å². The van der Waals surface area contributed by atoms with Crippen LogP contribution in [0.15, 0.2) is 77.7 Å². The maximum Gasteiger partial charge on any atom is 0.261 e. The minimum absolute atomic E-state index is 0.0416. The molecule has 1 fully saturated rings. The number of amides is 1. The highest BCUT2D eigenvalue weighted by Crippen LogP contribution is 2.18. The van der Waals surface area contributed by atoms with Gasteiger partial charge in [-0.25, -0.2) is 8.42 Å². The average Bonchev–Trinajstić information content (AvgIpc) is 2.85. The van der Waals surface area contributed by atoms with Crippen LogP contribution in [-0.2, 0) is 23.1 Å². The van der Waals surface area contributed by atoms with Gasteiger partial charge >= 0.3 is 0 Å². The van der Waals surface area contributed by atoms with Gasteiger partial charge in [0.25, 0.3) is 15.9 Å². The third kappa shape index (κ3) is 6.91. The number of carbonyl (C=O) groups excluding carboxylic acids is 1. The molecule has 0 bridgehead atoms. The summed E-state index contributed by atoms with van der Waals surface area (Å²) in [6.07, 6.45) is 0. The molecule has 8 heteroatoms. The number of hydrogen-bond acceptors (Lipinski definition) is 5. The number of carbonyl (C=O) groups is 1. The number of aryl methyl sites for hydroxylation is 1. The van der Waals surface area contributed by atoms with Crippen LogP contribution in [0, 0.1) is 6.92 Å². The summed E-state index contributed by atoms with van der Waals surface area (Å²) in [5.74, 6) is -0.318. The van der Waals surface area contributed by atoms with Crippen molar-refractivity contribution in [3.63, 3.8) is 0 Å². The molecule has 1 saturated heterocycles. The fourth-order valence-electron chi connectivity index (χ4n) is 4.03. The van der Waals surface area contributed by atoms with Crippen LogP contribution in [0.5, 0.6) is 0 Å². The molecule has 0 aromatic heterocycles. The number of likely N-dealkylation sites (N-methyl/N-ethyl adjacent to an activating group) is 1. The first-order valence-electron chi connectivity index (χ1n) is 11.7. The molecule has 35 heavy (non-hydrogen) atoms. The Hall–Kier alpha value is -3.20. The molecule has 0 atom stereocenters. The zero-order valence-electron chi connectivity index (χ0n) is 20.2. The largest absolute Gasteiger partial charge is 0.348 e. The number of nitrogens with one attached hydrogen (secondary N) is 2. The number of anilines is 1. The van der Waals surface area contributed by atoms with E-state index in [0.29, 0.717) is 17.8 Å². The van der Waals surface area contributed by atoms with Crippen molar-refractivity contribution in [2.24, 2.45) is 0 Å². The minimum atomic E-state index is -3.81. The van der Waals surface area contributed by atoms with Crippen LogP contribution in [0.2, 0.25) is 0 Å². The quantitative estimate of drug-likeness (QED) is 0.503. The van der Waals surface area contributed by atoms with Crippen molar-refractivity contribution in [2.75, 3.05) is 37.9 Å². The van der Waals surface area contributed by atoms with Crippen molar-refractivity contribution < 1.29 is 13.2 Å². The van der Waals surface area contributed by atoms with Crippen molar-refractivity contribution in [1.29, 1.82) is 0 Å². The molecule has 0 radical (unpaired) electrons. The van der Waals surface area contributed by atoms with Gasteiger partial charge in [0, 0.05) is 50.5 Å². The lowest BCUT2D eigenvalue weighted by Crippen LogP contribution is -2.43. The monoisotopic (exact) mass is 492 g/mol. The van der Waals surface area contributed by atoms with Crippen molar-refractivity contribution in [3.8, 4) is 0 Å². The highest BCUT2D eigenvalue weighted by atomic mass is 32.2. The summed E-state index contributed by atoms with van der Waals surface area (Å²) < 4.78 is 28.2. The van der Waals surface area contributed by atoms with E-state index in [9.17, 15) is 13.2 Å². The van der Waals surface area contributed by atoms with Crippen LogP contribution in [0.1, 0.15) is 27.0 Å². The fraction of sp³-hybridized carbons (Fsp3) is 0.296. The Morgan fingerprint density at radius 3 is 2.31 bits per heavy atom. The molecule has 1 heterocycles. The molecule has 0 spiro atoms. The van der Waals surface area contributed by atoms with Crippen molar-refractivity contribution in [3.05, 3.63) is 95.1 Å². The molecule has 0 saturated carbocycles. The zero-order valence-corrected chi connectivity index (χ0v) is 21.0. The van der Waals surface area contributed by atoms with Gasteiger partial charge in [0.2, 0.25) is 0 Å².